The van der Waals surface area contributed by atoms with Crippen LogP contribution >= 0.6 is 0 Å². The largest absolute Gasteiger partial charge is 0.339 e. The van der Waals surface area contributed by atoms with Gasteiger partial charge in [-0.3, -0.25) is 0 Å². The molecule has 0 bridgehead atoms. The minimum atomic E-state index is 0.174. The number of likely N-dealkylation sites (N-methyl/N-ethyl adjacent to an activating group) is 2. The Morgan fingerprint density at radius 2 is 2.00 bits per heavy atom. The van der Waals surface area contributed by atoms with Crippen LogP contribution in [0.1, 0.15) is 32.5 Å². The van der Waals surface area contributed by atoms with E-state index in [0.717, 1.165) is 31.1 Å². The Bertz CT molecular complexity index is 354. The van der Waals surface area contributed by atoms with Crippen molar-refractivity contribution in [3.63, 3.8) is 0 Å². The molecule has 1 heterocycles. The maximum Gasteiger partial charge on any atom is 0.228 e. The van der Waals surface area contributed by atoms with E-state index in [2.05, 4.69) is 41.1 Å². The average Bonchev–Trinajstić information content (AvgIpc) is 2.69. The smallest absolute Gasteiger partial charge is 0.228 e. The van der Waals surface area contributed by atoms with Gasteiger partial charge in [0.1, 0.15) is 0 Å². The van der Waals surface area contributed by atoms with Crippen molar-refractivity contribution in [2.75, 3.05) is 27.7 Å². The van der Waals surface area contributed by atoms with Crippen molar-refractivity contribution in [1.82, 2.24) is 20.4 Å². The number of rotatable bonds is 6. The summed E-state index contributed by atoms with van der Waals surface area (Å²) in [5.41, 5.74) is 0.174. The summed E-state index contributed by atoms with van der Waals surface area (Å²) in [6.07, 6.45) is 1.60. The fourth-order valence-electron chi connectivity index (χ4n) is 1.81. The van der Waals surface area contributed by atoms with Crippen molar-refractivity contribution in [3.8, 4) is 0 Å². The van der Waals surface area contributed by atoms with Crippen molar-refractivity contribution < 1.29 is 4.52 Å². The molecule has 5 heteroatoms. The molecule has 1 rings (SSSR count). The quantitative estimate of drug-likeness (QED) is 0.830. The maximum atomic E-state index is 5.30. The fraction of sp³-hybridized carbons (Fsp3) is 0.846. The van der Waals surface area contributed by atoms with Gasteiger partial charge >= 0.3 is 0 Å². The molecule has 5 nitrogen and oxygen atoms in total. The highest BCUT2D eigenvalue weighted by atomic mass is 16.5. The molecule has 1 unspecified atom stereocenters. The summed E-state index contributed by atoms with van der Waals surface area (Å²) in [7, 11) is 6.05. The van der Waals surface area contributed by atoms with Crippen LogP contribution in [-0.2, 0) is 12.8 Å². The van der Waals surface area contributed by atoms with Crippen LogP contribution in [0, 0.1) is 5.41 Å². The molecular weight excluding hydrogens is 228 g/mol. The lowest BCUT2D eigenvalue weighted by Gasteiger charge is -2.29. The molecule has 1 atom stereocenters. The zero-order valence-corrected chi connectivity index (χ0v) is 12.4. The van der Waals surface area contributed by atoms with Crippen LogP contribution in [0.4, 0.5) is 0 Å². The van der Waals surface area contributed by atoms with Gasteiger partial charge in [-0.1, -0.05) is 25.9 Å². The van der Waals surface area contributed by atoms with Crippen LogP contribution in [0.5, 0.6) is 0 Å². The van der Waals surface area contributed by atoms with Crippen molar-refractivity contribution in [3.05, 3.63) is 11.7 Å². The summed E-state index contributed by atoms with van der Waals surface area (Å²) in [4.78, 5) is 6.55. The molecule has 0 aromatic carbocycles. The van der Waals surface area contributed by atoms with Gasteiger partial charge in [-0.25, -0.2) is 0 Å². The first-order chi connectivity index (χ1) is 8.32. The van der Waals surface area contributed by atoms with Crippen LogP contribution in [0.25, 0.3) is 0 Å². The molecule has 0 fully saturated rings. The van der Waals surface area contributed by atoms with Crippen molar-refractivity contribution in [2.45, 2.75) is 39.7 Å². The number of nitrogens with one attached hydrogen (secondary N) is 1. The minimum Gasteiger partial charge on any atom is -0.339 e. The van der Waals surface area contributed by atoms with E-state index in [1.165, 1.54) is 0 Å². The predicted octanol–water partition coefficient (Wildman–Crippen LogP) is 1.35. The van der Waals surface area contributed by atoms with E-state index in [0.29, 0.717) is 6.04 Å². The molecule has 1 aromatic heterocycles. The summed E-state index contributed by atoms with van der Waals surface area (Å²) in [5.74, 6) is 1.51. The first-order valence-corrected chi connectivity index (χ1v) is 6.46. The third-order valence-corrected chi connectivity index (χ3v) is 3.07. The van der Waals surface area contributed by atoms with Gasteiger partial charge in [0.25, 0.3) is 0 Å². The second-order valence-corrected chi connectivity index (χ2v) is 6.07. The second-order valence-electron chi connectivity index (χ2n) is 6.07. The lowest BCUT2D eigenvalue weighted by Crippen LogP contribution is -2.39. The second kappa shape index (κ2) is 6.29. The lowest BCUT2D eigenvalue weighted by atomic mass is 9.85. The van der Waals surface area contributed by atoms with Gasteiger partial charge in [-0.05, 0) is 26.6 Å². The first kappa shape index (κ1) is 15.1. The van der Waals surface area contributed by atoms with Gasteiger partial charge in [0.2, 0.25) is 5.89 Å². The summed E-state index contributed by atoms with van der Waals surface area (Å²) < 4.78 is 5.30. The molecule has 0 aliphatic carbocycles. The maximum absolute atomic E-state index is 5.30. The van der Waals surface area contributed by atoms with Gasteiger partial charge in [-0.15, -0.1) is 0 Å². The Hall–Kier alpha value is -0.940. The van der Waals surface area contributed by atoms with E-state index in [1.807, 2.05) is 21.1 Å². The number of hydrogen-bond donors (Lipinski definition) is 1. The van der Waals surface area contributed by atoms with E-state index in [1.54, 1.807) is 0 Å². The number of nitrogens with zero attached hydrogens (tertiary/aromatic N) is 3. The topological polar surface area (TPSA) is 54.2 Å². The number of hydrogen-bond acceptors (Lipinski definition) is 5. The van der Waals surface area contributed by atoms with Crippen LogP contribution in [0.2, 0.25) is 0 Å². The van der Waals surface area contributed by atoms with Crippen LogP contribution in [-0.4, -0.2) is 48.8 Å². The van der Waals surface area contributed by atoms with Gasteiger partial charge < -0.3 is 14.7 Å². The Kier molecular flexibility index (Phi) is 5.28. The highest BCUT2D eigenvalue weighted by Crippen LogP contribution is 2.21. The predicted molar refractivity (Wildman–Crippen MR) is 72.6 cm³/mol. The van der Waals surface area contributed by atoms with Crippen LogP contribution < -0.4 is 5.32 Å². The average molecular weight is 254 g/mol. The monoisotopic (exact) mass is 254 g/mol. The molecule has 18 heavy (non-hydrogen) atoms. The highest BCUT2D eigenvalue weighted by Gasteiger charge is 2.25. The minimum absolute atomic E-state index is 0.174. The van der Waals surface area contributed by atoms with Gasteiger partial charge in [0, 0.05) is 25.4 Å². The van der Waals surface area contributed by atoms with E-state index in [9.17, 15) is 0 Å². The summed E-state index contributed by atoms with van der Waals surface area (Å²) in [6.45, 7) is 7.56. The van der Waals surface area contributed by atoms with Gasteiger partial charge in [-0.2, -0.15) is 4.98 Å². The molecule has 0 saturated carbocycles. The van der Waals surface area contributed by atoms with Gasteiger partial charge in [0.15, 0.2) is 5.82 Å². The van der Waals surface area contributed by atoms with Crippen molar-refractivity contribution in [1.29, 1.82) is 0 Å². The van der Waals surface area contributed by atoms with E-state index in [4.69, 9.17) is 4.52 Å². The molecule has 0 saturated heterocycles. The summed E-state index contributed by atoms with van der Waals surface area (Å²) in [5, 5.41) is 7.33. The van der Waals surface area contributed by atoms with E-state index >= 15 is 0 Å². The zero-order valence-electron chi connectivity index (χ0n) is 12.4. The zero-order chi connectivity index (χ0) is 13.8. The molecule has 1 N–H and O–H groups in total. The Morgan fingerprint density at radius 3 is 2.50 bits per heavy atom. The van der Waals surface area contributed by atoms with Crippen molar-refractivity contribution >= 4 is 0 Å². The first-order valence-electron chi connectivity index (χ1n) is 6.46. The molecule has 0 aliphatic heterocycles. The SMILES string of the molecule is CNC(Cc1nc(CCN(C)C)no1)C(C)(C)C. The molecule has 0 amide bonds. The third kappa shape index (κ3) is 4.74. The highest BCUT2D eigenvalue weighted by molar-refractivity contribution is 4.93. The Morgan fingerprint density at radius 1 is 1.33 bits per heavy atom. The molecule has 0 aliphatic rings. The molecule has 104 valence electrons. The lowest BCUT2D eigenvalue weighted by molar-refractivity contribution is 0.255. The Labute approximate surface area is 110 Å². The summed E-state index contributed by atoms with van der Waals surface area (Å²) in [6, 6.07) is 0.333. The molecule has 1 aromatic rings. The standard InChI is InChI=1S/C13H26N4O/c1-13(2,3)10(14-4)9-12-15-11(16-18-12)7-8-17(5)6/h10,14H,7-9H2,1-6H3. The van der Waals surface area contributed by atoms with Crippen molar-refractivity contribution in [2.24, 2.45) is 5.41 Å². The Balaban J connectivity index is 2.57. The molecular formula is C13H26N4O. The number of aromatic nitrogens is 2. The van der Waals surface area contributed by atoms with Crippen LogP contribution in [0.15, 0.2) is 4.52 Å². The summed E-state index contributed by atoms with van der Waals surface area (Å²) >= 11 is 0. The molecule has 0 spiro atoms. The fourth-order valence-corrected chi connectivity index (χ4v) is 1.81. The third-order valence-electron chi connectivity index (χ3n) is 3.07. The van der Waals surface area contributed by atoms with E-state index < -0.39 is 0 Å². The van der Waals surface area contributed by atoms with Crippen LogP contribution in [0.3, 0.4) is 0 Å². The van der Waals surface area contributed by atoms with Gasteiger partial charge in [0.05, 0.1) is 0 Å². The molecule has 0 radical (unpaired) electrons. The van der Waals surface area contributed by atoms with E-state index in [-0.39, 0.29) is 5.41 Å². The normalized spacial score (nSPS) is 14.2.